The monoisotopic (exact) mass is 394 g/mol. The highest BCUT2D eigenvalue weighted by Gasteiger charge is 2.04. The van der Waals surface area contributed by atoms with E-state index in [9.17, 15) is 0 Å². The highest BCUT2D eigenvalue weighted by molar-refractivity contribution is 5.60. The zero-order valence-electron chi connectivity index (χ0n) is 10.6. The average Bonchev–Trinajstić information content (AvgIpc) is 2.41. The molecule has 2 aromatic heterocycles. The average molecular weight is 396 g/mol. The first-order chi connectivity index (χ1) is 8.83. The number of nitriles is 2. The normalized spacial score (nSPS) is 8.50. The topological polar surface area (TPSA) is 55.3 Å². The summed E-state index contributed by atoms with van der Waals surface area (Å²) in [6, 6.07) is 12.1. The van der Waals surface area contributed by atoms with Gasteiger partial charge in [0, 0.05) is 24.3 Å². The van der Waals surface area contributed by atoms with Crippen LogP contribution in [0.15, 0.2) is 49.1 Å². The van der Waals surface area contributed by atoms with Gasteiger partial charge in [-0.1, -0.05) is 0 Å². The van der Waals surface area contributed by atoms with Gasteiger partial charge in [0.25, 0.3) is 0 Å². The molecule has 0 unspecified atom stereocenters. The van der Waals surface area contributed by atoms with Gasteiger partial charge in [0.1, 0.15) is 12.1 Å². The second-order valence-corrected chi connectivity index (χ2v) is 3.83. The zero-order valence-corrected chi connectivity index (χ0v) is 13.7. The summed E-state index contributed by atoms with van der Waals surface area (Å²) in [5.74, 6) is 0. The van der Waals surface area contributed by atoms with Crippen molar-refractivity contribution in [3.63, 3.8) is 0 Å². The first-order valence-corrected chi connectivity index (χ1v) is 5.56. The van der Waals surface area contributed by atoms with Crippen molar-refractivity contribution in [2.24, 2.45) is 0 Å². The van der Waals surface area contributed by atoms with Crippen LogP contribution in [0.3, 0.4) is 0 Å². The summed E-state index contributed by atoms with van der Waals surface area (Å²) in [5.41, 5.74) is 2.18. The number of halogens is 2. The van der Waals surface area contributed by atoms with Crippen LogP contribution < -0.4 is 43.1 Å². The molecule has 0 saturated heterocycles. The number of nitrogens with zero attached hydrogens (tertiary/aromatic N) is 4. The van der Waals surface area contributed by atoms with E-state index < -0.39 is 0 Å². The third-order valence-corrected chi connectivity index (χ3v) is 2.62. The Kier molecular flexibility index (Phi) is 8.38. The minimum Gasteiger partial charge on any atom is -1.00 e. The number of rotatable bonds is 3. The van der Waals surface area contributed by atoms with Gasteiger partial charge in [-0.05, 0) is 11.1 Å². The molecule has 0 spiro atoms. The molecule has 0 atom stereocenters. The maximum absolute atomic E-state index is 8.59. The van der Waals surface area contributed by atoms with Gasteiger partial charge in [-0.2, -0.15) is 19.7 Å². The van der Waals surface area contributed by atoms with Crippen molar-refractivity contribution >= 4 is 0 Å². The minimum atomic E-state index is 0. The fourth-order valence-corrected chi connectivity index (χ4v) is 1.67. The van der Waals surface area contributed by atoms with Gasteiger partial charge in [-0.3, -0.25) is 0 Å². The lowest BCUT2D eigenvalue weighted by molar-refractivity contribution is -0.685. The Balaban J connectivity index is 0.00000180. The molecule has 6 heteroatoms. The van der Waals surface area contributed by atoms with E-state index in [1.165, 1.54) is 0 Å². The van der Waals surface area contributed by atoms with Crippen LogP contribution in [0.1, 0.15) is 0 Å². The summed E-state index contributed by atoms with van der Waals surface area (Å²) in [7, 11) is 0. The molecule has 0 aliphatic heterocycles. The minimum absolute atomic E-state index is 0. The van der Waals surface area contributed by atoms with E-state index >= 15 is 0 Å². The Labute approximate surface area is 139 Å². The van der Waals surface area contributed by atoms with Crippen LogP contribution in [0.4, 0.5) is 0 Å². The maximum Gasteiger partial charge on any atom is 0.233 e. The lowest BCUT2D eigenvalue weighted by atomic mass is 10.1. The van der Waals surface area contributed by atoms with Crippen LogP contribution in [0.5, 0.6) is 0 Å². The Morgan fingerprint density at radius 1 is 0.700 bits per heavy atom. The number of aromatic nitrogens is 2. The smallest absolute Gasteiger partial charge is 0.233 e. The van der Waals surface area contributed by atoms with Gasteiger partial charge in [0.15, 0.2) is 24.8 Å². The third-order valence-electron chi connectivity index (χ3n) is 2.62. The van der Waals surface area contributed by atoms with Gasteiger partial charge < -0.3 is 34.0 Å². The van der Waals surface area contributed by atoms with Crippen molar-refractivity contribution in [3.8, 4) is 23.3 Å². The van der Waals surface area contributed by atoms with Gasteiger partial charge in [-0.25, -0.2) is 0 Å². The van der Waals surface area contributed by atoms with Crippen LogP contribution >= 0.6 is 0 Å². The van der Waals surface area contributed by atoms with E-state index in [1.54, 1.807) is 0 Å². The fourth-order valence-electron chi connectivity index (χ4n) is 1.67. The Morgan fingerprint density at radius 2 is 1.00 bits per heavy atom. The van der Waals surface area contributed by atoms with Crippen LogP contribution in [0.25, 0.3) is 11.1 Å². The molecular formula is C14H12Br2N4. The molecule has 0 amide bonds. The van der Waals surface area contributed by atoms with Crippen LogP contribution in [0.2, 0.25) is 0 Å². The molecule has 2 rings (SSSR count). The standard InChI is InChI=1S/C14H12N4.2BrH/c15-5-11-17-7-1-13(2-8-17)14-3-9-18(10-4-14)12-6-16;;/h1-4,7-10H,11-12H2;2*1H/q+2;;/p-2. The largest absolute Gasteiger partial charge is 1.00 e. The van der Waals surface area contributed by atoms with Crippen LogP contribution in [-0.2, 0) is 13.1 Å². The van der Waals surface area contributed by atoms with Crippen molar-refractivity contribution in [1.29, 1.82) is 10.5 Å². The molecule has 0 saturated carbocycles. The molecule has 0 bridgehead atoms. The first kappa shape index (κ1) is 18.2. The van der Waals surface area contributed by atoms with Crippen molar-refractivity contribution in [1.82, 2.24) is 0 Å². The summed E-state index contributed by atoms with van der Waals surface area (Å²) in [6.45, 7) is 0.717. The first-order valence-electron chi connectivity index (χ1n) is 5.56. The van der Waals surface area contributed by atoms with Gasteiger partial charge in [0.05, 0.1) is 0 Å². The van der Waals surface area contributed by atoms with E-state index in [4.69, 9.17) is 10.5 Å². The number of pyridine rings is 2. The summed E-state index contributed by atoms with van der Waals surface area (Å²) >= 11 is 0. The third kappa shape index (κ3) is 4.73. The predicted molar refractivity (Wildman–Crippen MR) is 63.5 cm³/mol. The zero-order chi connectivity index (χ0) is 12.8. The van der Waals surface area contributed by atoms with E-state index in [1.807, 2.05) is 58.2 Å². The van der Waals surface area contributed by atoms with E-state index in [0.717, 1.165) is 11.1 Å². The second-order valence-electron chi connectivity index (χ2n) is 3.83. The maximum atomic E-state index is 8.59. The molecule has 0 N–H and O–H groups in total. The van der Waals surface area contributed by atoms with Crippen molar-refractivity contribution in [2.75, 3.05) is 0 Å². The SMILES string of the molecule is N#CC[n+]1ccc(-c2cc[n+](CC#N)cc2)cc1.[Br-].[Br-]. The molecule has 0 aliphatic carbocycles. The molecule has 0 aromatic carbocycles. The molecule has 20 heavy (non-hydrogen) atoms. The second kappa shape index (κ2) is 9.19. The molecule has 102 valence electrons. The van der Waals surface area contributed by atoms with Crippen LogP contribution in [0, 0.1) is 22.7 Å². The lowest BCUT2D eigenvalue weighted by Gasteiger charge is -1.98. The Bertz CT molecular complexity index is 552. The fraction of sp³-hybridized carbons (Fsp3) is 0.143. The molecule has 2 aromatic rings. The summed E-state index contributed by atoms with van der Waals surface area (Å²) < 4.78 is 3.64. The molecular weight excluding hydrogens is 384 g/mol. The van der Waals surface area contributed by atoms with Crippen molar-refractivity contribution < 1.29 is 43.1 Å². The van der Waals surface area contributed by atoms with Crippen molar-refractivity contribution in [2.45, 2.75) is 13.1 Å². The molecule has 2 heterocycles. The molecule has 0 fully saturated rings. The van der Waals surface area contributed by atoms with E-state index in [2.05, 4.69) is 12.1 Å². The highest BCUT2D eigenvalue weighted by atomic mass is 79.9. The molecule has 4 nitrogen and oxygen atoms in total. The summed E-state index contributed by atoms with van der Waals surface area (Å²) in [5, 5.41) is 17.2. The Hall–Kier alpha value is -1.76. The summed E-state index contributed by atoms with van der Waals surface area (Å²) in [6.07, 6.45) is 7.54. The van der Waals surface area contributed by atoms with Gasteiger partial charge in [-0.15, -0.1) is 0 Å². The number of hydrogen-bond acceptors (Lipinski definition) is 2. The van der Waals surface area contributed by atoms with E-state index in [0.29, 0.717) is 13.1 Å². The lowest BCUT2D eigenvalue weighted by Crippen LogP contribution is -3.00. The quantitative estimate of drug-likeness (QED) is 0.489. The van der Waals surface area contributed by atoms with Crippen molar-refractivity contribution in [3.05, 3.63) is 49.1 Å². The van der Waals surface area contributed by atoms with E-state index in [-0.39, 0.29) is 34.0 Å². The van der Waals surface area contributed by atoms with Gasteiger partial charge >= 0.3 is 0 Å². The van der Waals surface area contributed by atoms with Crippen LogP contribution in [-0.4, -0.2) is 0 Å². The van der Waals surface area contributed by atoms with Gasteiger partial charge in [0.2, 0.25) is 13.1 Å². The number of hydrogen-bond donors (Lipinski definition) is 0. The molecule has 0 aliphatic rings. The summed E-state index contributed by atoms with van der Waals surface area (Å²) in [4.78, 5) is 0. The molecule has 0 radical (unpaired) electrons. The Morgan fingerprint density at radius 3 is 1.25 bits per heavy atom. The highest BCUT2D eigenvalue weighted by Crippen LogP contribution is 2.15. The predicted octanol–water partition coefficient (Wildman–Crippen LogP) is -5.02.